The minimum absolute atomic E-state index is 0.0470. The Morgan fingerprint density at radius 2 is 1.79 bits per heavy atom. The van der Waals surface area contributed by atoms with Crippen LogP contribution in [-0.2, 0) is 20.0 Å². The zero-order valence-electron chi connectivity index (χ0n) is 17.0. The molecule has 3 rings (SSSR count). The van der Waals surface area contributed by atoms with E-state index in [1.807, 2.05) is 24.3 Å². The molecule has 0 bridgehead atoms. The molecule has 1 aromatic heterocycles. The van der Waals surface area contributed by atoms with Crippen LogP contribution in [0.3, 0.4) is 0 Å². The summed E-state index contributed by atoms with van der Waals surface area (Å²) in [6.07, 6.45) is 0.444. The lowest BCUT2D eigenvalue weighted by Crippen LogP contribution is -2.30. The summed E-state index contributed by atoms with van der Waals surface area (Å²) >= 11 is 1.22. The molecule has 3 aromatic rings. The molecule has 0 saturated carbocycles. The average molecular weight is 433 g/mol. The molecule has 1 heterocycles. The summed E-state index contributed by atoms with van der Waals surface area (Å²) in [6, 6.07) is 12.4. The minimum Gasteiger partial charge on any atom is -0.481 e. The van der Waals surface area contributed by atoms with Crippen LogP contribution in [0.5, 0.6) is 5.75 Å². The number of aromatic nitrogens is 1. The van der Waals surface area contributed by atoms with Crippen molar-refractivity contribution in [2.75, 3.05) is 11.6 Å². The Kier molecular flexibility index (Phi) is 5.69. The fourth-order valence-electron chi connectivity index (χ4n) is 2.69. The average Bonchev–Trinajstić information content (AvgIpc) is 3.02. The van der Waals surface area contributed by atoms with E-state index in [9.17, 15) is 13.2 Å². The summed E-state index contributed by atoms with van der Waals surface area (Å²) in [6.45, 7) is 8.07. The van der Waals surface area contributed by atoms with Gasteiger partial charge in [-0.2, -0.15) is 0 Å². The van der Waals surface area contributed by atoms with Crippen LogP contribution in [0, 0.1) is 0 Å². The van der Waals surface area contributed by atoms with Crippen LogP contribution >= 0.6 is 11.3 Å². The van der Waals surface area contributed by atoms with E-state index in [0.29, 0.717) is 21.1 Å². The summed E-state index contributed by atoms with van der Waals surface area (Å²) in [5.74, 6) is 0.287. The van der Waals surface area contributed by atoms with Gasteiger partial charge in [-0.3, -0.25) is 10.1 Å². The lowest BCUT2D eigenvalue weighted by molar-refractivity contribution is -0.122. The number of thiazole rings is 1. The quantitative estimate of drug-likeness (QED) is 0.646. The highest BCUT2D eigenvalue weighted by Crippen LogP contribution is 2.29. The largest absolute Gasteiger partial charge is 0.481 e. The van der Waals surface area contributed by atoms with Crippen LogP contribution < -0.4 is 10.1 Å². The molecule has 0 saturated heterocycles. The second-order valence-corrected chi connectivity index (χ2v) is 11.0. The van der Waals surface area contributed by atoms with Crippen molar-refractivity contribution in [1.29, 1.82) is 0 Å². The topological polar surface area (TPSA) is 85.4 Å². The molecule has 0 aliphatic carbocycles. The van der Waals surface area contributed by atoms with Gasteiger partial charge in [0.05, 0.1) is 15.1 Å². The van der Waals surface area contributed by atoms with Crippen LogP contribution in [0.4, 0.5) is 5.13 Å². The number of sulfone groups is 1. The maximum absolute atomic E-state index is 12.5. The third kappa shape index (κ3) is 5.13. The first-order valence-electron chi connectivity index (χ1n) is 9.12. The zero-order chi connectivity index (χ0) is 21.4. The Balaban J connectivity index is 1.69. The third-order valence-corrected chi connectivity index (χ3v) is 6.46. The van der Waals surface area contributed by atoms with Crippen molar-refractivity contribution in [2.24, 2.45) is 0 Å². The first kappa shape index (κ1) is 21.3. The van der Waals surface area contributed by atoms with Gasteiger partial charge in [-0.05, 0) is 48.2 Å². The highest BCUT2D eigenvalue weighted by molar-refractivity contribution is 7.90. The number of hydrogen-bond donors (Lipinski definition) is 1. The Labute approximate surface area is 174 Å². The van der Waals surface area contributed by atoms with Gasteiger partial charge in [-0.25, -0.2) is 13.4 Å². The van der Waals surface area contributed by atoms with Gasteiger partial charge in [0, 0.05) is 6.26 Å². The van der Waals surface area contributed by atoms with Gasteiger partial charge in [-0.1, -0.05) is 44.2 Å². The molecule has 6 nitrogen and oxygen atoms in total. The lowest BCUT2D eigenvalue weighted by atomic mass is 9.87. The number of carbonyl (C=O) groups excluding carboxylic acids is 1. The van der Waals surface area contributed by atoms with Gasteiger partial charge in [0.2, 0.25) is 0 Å². The van der Waals surface area contributed by atoms with Crippen molar-refractivity contribution < 1.29 is 17.9 Å². The molecule has 0 fully saturated rings. The molecule has 8 heteroatoms. The highest BCUT2D eigenvalue weighted by atomic mass is 32.2. The molecular weight excluding hydrogens is 408 g/mol. The molecule has 1 N–H and O–H groups in total. The van der Waals surface area contributed by atoms with Crippen LogP contribution in [0.25, 0.3) is 10.2 Å². The predicted octanol–water partition coefficient (Wildman–Crippen LogP) is 4.40. The molecule has 0 aliphatic rings. The van der Waals surface area contributed by atoms with Crippen LogP contribution in [0.15, 0.2) is 47.4 Å². The Bertz CT molecular complexity index is 1140. The zero-order valence-corrected chi connectivity index (χ0v) is 18.6. The van der Waals surface area contributed by atoms with E-state index in [0.717, 1.165) is 6.26 Å². The number of ether oxygens (including phenoxy) is 1. The molecule has 2 aromatic carbocycles. The Morgan fingerprint density at radius 3 is 2.38 bits per heavy atom. The number of nitrogens with one attached hydrogen (secondary N) is 1. The normalized spacial score (nSPS) is 13.3. The standard InChI is InChI=1S/C21H24N2O4S2/c1-13(27-15-8-6-14(7-9-15)21(2,3)4)19(24)23-20-22-17-11-10-16(29(5,25)26)12-18(17)28-20/h6-13H,1-5H3,(H,22,23,24). The molecular formula is C21H24N2O4S2. The number of fused-ring (bicyclic) bond motifs is 1. The smallest absolute Gasteiger partial charge is 0.266 e. The third-order valence-electron chi connectivity index (χ3n) is 4.42. The molecule has 29 heavy (non-hydrogen) atoms. The molecule has 1 atom stereocenters. The van der Waals surface area contributed by atoms with Gasteiger partial charge >= 0.3 is 0 Å². The summed E-state index contributed by atoms with van der Waals surface area (Å²) < 4.78 is 29.8. The van der Waals surface area contributed by atoms with Crippen molar-refractivity contribution in [1.82, 2.24) is 4.98 Å². The van der Waals surface area contributed by atoms with Crippen molar-refractivity contribution in [3.8, 4) is 5.75 Å². The molecule has 0 spiro atoms. The summed E-state index contributed by atoms with van der Waals surface area (Å²) in [5, 5.41) is 3.14. The molecule has 0 aliphatic heterocycles. The summed E-state index contributed by atoms with van der Waals surface area (Å²) in [5.41, 5.74) is 1.86. The van der Waals surface area contributed by atoms with E-state index in [4.69, 9.17) is 4.74 Å². The van der Waals surface area contributed by atoms with E-state index in [-0.39, 0.29) is 16.2 Å². The molecule has 154 valence electrons. The number of rotatable bonds is 5. The van der Waals surface area contributed by atoms with E-state index >= 15 is 0 Å². The SMILES string of the molecule is CC(Oc1ccc(C(C)(C)C)cc1)C(=O)Nc1nc2ccc(S(C)(=O)=O)cc2s1. The maximum Gasteiger partial charge on any atom is 0.266 e. The van der Waals surface area contributed by atoms with Crippen LogP contribution in [0.1, 0.15) is 33.3 Å². The van der Waals surface area contributed by atoms with Crippen molar-refractivity contribution in [3.63, 3.8) is 0 Å². The second kappa shape index (κ2) is 7.76. The Morgan fingerprint density at radius 1 is 1.14 bits per heavy atom. The minimum atomic E-state index is -3.30. The number of anilines is 1. The first-order chi connectivity index (χ1) is 13.4. The van der Waals surface area contributed by atoms with Crippen LogP contribution in [0.2, 0.25) is 0 Å². The number of carbonyl (C=O) groups is 1. The Hall–Kier alpha value is -2.45. The summed E-state index contributed by atoms with van der Waals surface area (Å²) in [4.78, 5) is 17.0. The molecule has 0 radical (unpaired) electrons. The van der Waals surface area contributed by atoms with Crippen molar-refractivity contribution in [3.05, 3.63) is 48.0 Å². The van der Waals surface area contributed by atoms with Gasteiger partial charge in [0.1, 0.15) is 5.75 Å². The first-order valence-corrected chi connectivity index (χ1v) is 11.8. The molecule has 1 unspecified atom stereocenters. The van der Waals surface area contributed by atoms with Crippen molar-refractivity contribution >= 4 is 42.4 Å². The van der Waals surface area contributed by atoms with E-state index in [1.165, 1.54) is 23.0 Å². The fourth-order valence-corrected chi connectivity index (χ4v) is 4.32. The summed E-state index contributed by atoms with van der Waals surface area (Å²) in [7, 11) is -3.30. The van der Waals surface area contributed by atoms with Gasteiger partial charge in [-0.15, -0.1) is 0 Å². The van der Waals surface area contributed by atoms with Gasteiger partial charge < -0.3 is 4.74 Å². The fraction of sp³-hybridized carbons (Fsp3) is 0.333. The second-order valence-electron chi connectivity index (χ2n) is 7.94. The number of hydrogen-bond acceptors (Lipinski definition) is 6. The number of benzene rings is 2. The van der Waals surface area contributed by atoms with Gasteiger partial charge in [0.25, 0.3) is 5.91 Å². The number of nitrogens with zero attached hydrogens (tertiary/aromatic N) is 1. The highest BCUT2D eigenvalue weighted by Gasteiger charge is 2.18. The number of amides is 1. The van der Waals surface area contributed by atoms with E-state index < -0.39 is 15.9 Å². The van der Waals surface area contributed by atoms with E-state index in [2.05, 4.69) is 31.1 Å². The van der Waals surface area contributed by atoms with Crippen LogP contribution in [-0.4, -0.2) is 31.7 Å². The van der Waals surface area contributed by atoms with Crippen molar-refractivity contribution in [2.45, 2.75) is 44.1 Å². The van der Waals surface area contributed by atoms with E-state index in [1.54, 1.807) is 19.1 Å². The van der Waals surface area contributed by atoms with Gasteiger partial charge in [0.15, 0.2) is 21.1 Å². The lowest BCUT2D eigenvalue weighted by Gasteiger charge is -2.20. The predicted molar refractivity (Wildman–Crippen MR) is 117 cm³/mol. The molecule has 1 amide bonds. The maximum atomic E-state index is 12.5. The monoisotopic (exact) mass is 432 g/mol.